The molecule has 0 spiro atoms. The first kappa shape index (κ1) is 26.7. The highest BCUT2D eigenvalue weighted by atomic mass is 19.3. The van der Waals surface area contributed by atoms with E-state index in [4.69, 9.17) is 4.74 Å². The van der Waals surface area contributed by atoms with Gasteiger partial charge in [0.2, 0.25) is 5.92 Å². The molecule has 196 valence electrons. The zero-order valence-electron chi connectivity index (χ0n) is 22.4. The van der Waals surface area contributed by atoms with E-state index in [1.807, 2.05) is 58.9 Å². The molecular formula is C30H39F2NO3. The van der Waals surface area contributed by atoms with Gasteiger partial charge in [0.15, 0.2) is 6.10 Å². The molecule has 1 saturated carbocycles. The molecule has 0 aromatic heterocycles. The number of carboxylic acid groups (broad SMARTS) is 1. The topological polar surface area (TPSA) is 49.8 Å². The van der Waals surface area contributed by atoms with Crippen molar-refractivity contribution in [3.8, 4) is 11.1 Å². The van der Waals surface area contributed by atoms with Gasteiger partial charge in [-0.05, 0) is 94.2 Å². The van der Waals surface area contributed by atoms with Gasteiger partial charge in [0.25, 0.3) is 0 Å². The number of hydrogen-bond acceptors (Lipinski definition) is 3. The summed E-state index contributed by atoms with van der Waals surface area (Å²) in [4.78, 5) is 14.9. The van der Waals surface area contributed by atoms with Gasteiger partial charge < -0.3 is 9.84 Å². The molecule has 4 rings (SSSR count). The fourth-order valence-corrected chi connectivity index (χ4v) is 5.95. The predicted octanol–water partition coefficient (Wildman–Crippen LogP) is 7.16. The van der Waals surface area contributed by atoms with E-state index in [2.05, 4.69) is 11.8 Å². The lowest BCUT2D eigenvalue weighted by Crippen LogP contribution is -2.43. The van der Waals surface area contributed by atoms with Gasteiger partial charge in [0.1, 0.15) is 0 Å². The van der Waals surface area contributed by atoms with E-state index in [-0.39, 0.29) is 18.9 Å². The summed E-state index contributed by atoms with van der Waals surface area (Å²) in [5, 5.41) is 10.3. The van der Waals surface area contributed by atoms with Crippen molar-refractivity contribution < 1.29 is 23.4 Å². The highest BCUT2D eigenvalue weighted by molar-refractivity contribution is 5.84. The monoisotopic (exact) mass is 499 g/mol. The SMILES string of the molecule is Cc1ccc(-c2c(C)c3c(c(C)c2C(OC(C)(C)C)C(=O)O)CCN(C2CCC(F)(F)CC2)C3)cc1. The van der Waals surface area contributed by atoms with Crippen molar-refractivity contribution in [3.63, 3.8) is 0 Å². The van der Waals surface area contributed by atoms with Crippen molar-refractivity contribution in [3.05, 3.63) is 57.6 Å². The number of carbonyl (C=O) groups is 1. The Labute approximate surface area is 213 Å². The molecule has 0 bridgehead atoms. The smallest absolute Gasteiger partial charge is 0.337 e. The molecule has 0 saturated heterocycles. The lowest BCUT2D eigenvalue weighted by Gasteiger charge is -2.41. The van der Waals surface area contributed by atoms with Gasteiger partial charge in [0.05, 0.1) is 5.60 Å². The fourth-order valence-electron chi connectivity index (χ4n) is 5.95. The van der Waals surface area contributed by atoms with Crippen molar-refractivity contribution >= 4 is 5.97 Å². The van der Waals surface area contributed by atoms with Crippen LogP contribution in [0.25, 0.3) is 11.1 Å². The first-order valence-electron chi connectivity index (χ1n) is 13.0. The van der Waals surface area contributed by atoms with E-state index >= 15 is 0 Å². The van der Waals surface area contributed by atoms with Crippen LogP contribution in [-0.4, -0.2) is 40.1 Å². The number of ether oxygens (including phenoxy) is 1. The molecule has 2 aromatic carbocycles. The summed E-state index contributed by atoms with van der Waals surface area (Å²) in [5.41, 5.74) is 7.52. The van der Waals surface area contributed by atoms with Gasteiger partial charge in [-0.25, -0.2) is 13.6 Å². The van der Waals surface area contributed by atoms with Crippen molar-refractivity contribution in [1.29, 1.82) is 0 Å². The number of alkyl halides is 2. The molecule has 1 N–H and O–H groups in total. The maximum absolute atomic E-state index is 13.8. The van der Waals surface area contributed by atoms with Gasteiger partial charge in [-0.2, -0.15) is 0 Å². The molecular weight excluding hydrogens is 460 g/mol. The van der Waals surface area contributed by atoms with Crippen LogP contribution >= 0.6 is 0 Å². The fraction of sp³-hybridized carbons (Fsp3) is 0.567. The lowest BCUT2D eigenvalue weighted by molar-refractivity contribution is -0.160. The Balaban J connectivity index is 1.83. The molecule has 1 aliphatic heterocycles. The first-order chi connectivity index (χ1) is 16.8. The van der Waals surface area contributed by atoms with E-state index in [1.165, 1.54) is 11.1 Å². The summed E-state index contributed by atoms with van der Waals surface area (Å²) in [6, 6.07) is 8.35. The zero-order chi connectivity index (χ0) is 26.4. The third kappa shape index (κ3) is 5.50. The van der Waals surface area contributed by atoms with E-state index in [9.17, 15) is 18.7 Å². The minimum Gasteiger partial charge on any atom is -0.479 e. The largest absolute Gasteiger partial charge is 0.479 e. The maximum atomic E-state index is 13.8. The van der Waals surface area contributed by atoms with Gasteiger partial charge in [-0.15, -0.1) is 0 Å². The van der Waals surface area contributed by atoms with Crippen LogP contribution in [0.15, 0.2) is 24.3 Å². The summed E-state index contributed by atoms with van der Waals surface area (Å²) in [5.74, 6) is -3.54. The predicted molar refractivity (Wildman–Crippen MR) is 139 cm³/mol. The van der Waals surface area contributed by atoms with E-state index in [1.54, 1.807) is 0 Å². The quantitative estimate of drug-likeness (QED) is 0.474. The van der Waals surface area contributed by atoms with Gasteiger partial charge >= 0.3 is 5.97 Å². The zero-order valence-corrected chi connectivity index (χ0v) is 22.4. The molecule has 1 unspecified atom stereocenters. The Bertz CT molecular complexity index is 1120. The highest BCUT2D eigenvalue weighted by Crippen LogP contribution is 2.44. The van der Waals surface area contributed by atoms with Gasteiger partial charge in [0, 0.05) is 37.5 Å². The van der Waals surface area contributed by atoms with E-state index in [0.717, 1.165) is 46.3 Å². The Morgan fingerprint density at radius 2 is 1.67 bits per heavy atom. The van der Waals surface area contributed by atoms with E-state index < -0.39 is 23.6 Å². The lowest BCUT2D eigenvalue weighted by atomic mass is 9.79. The third-order valence-corrected chi connectivity index (χ3v) is 7.83. The van der Waals surface area contributed by atoms with Gasteiger partial charge in [-0.3, -0.25) is 4.90 Å². The molecule has 2 aromatic rings. The van der Waals surface area contributed by atoms with Crippen LogP contribution in [-0.2, 0) is 22.5 Å². The molecule has 36 heavy (non-hydrogen) atoms. The summed E-state index contributed by atoms with van der Waals surface area (Å²) in [7, 11) is 0. The molecule has 1 fully saturated rings. The average Bonchev–Trinajstić information content (AvgIpc) is 2.79. The summed E-state index contributed by atoms with van der Waals surface area (Å²) in [6.07, 6.45) is 0.628. The van der Waals surface area contributed by atoms with Crippen LogP contribution in [0.5, 0.6) is 0 Å². The number of benzene rings is 2. The Morgan fingerprint density at radius 1 is 1.06 bits per heavy atom. The number of aliphatic carboxylic acids is 1. The molecule has 1 atom stereocenters. The van der Waals surface area contributed by atoms with Crippen LogP contribution in [0.3, 0.4) is 0 Å². The Hall–Kier alpha value is -2.31. The second kappa shape index (κ2) is 9.86. The van der Waals surface area contributed by atoms with Crippen LogP contribution in [0.4, 0.5) is 8.78 Å². The molecule has 1 heterocycles. The number of rotatable bonds is 5. The number of fused-ring (bicyclic) bond motifs is 1. The molecule has 0 amide bonds. The van der Waals surface area contributed by atoms with Crippen LogP contribution in [0.1, 0.15) is 85.9 Å². The number of nitrogens with zero attached hydrogens (tertiary/aromatic N) is 1. The molecule has 6 heteroatoms. The van der Waals surface area contributed by atoms with Crippen LogP contribution in [0.2, 0.25) is 0 Å². The molecule has 4 nitrogen and oxygen atoms in total. The minimum absolute atomic E-state index is 0.0446. The maximum Gasteiger partial charge on any atom is 0.337 e. The molecule has 1 aliphatic carbocycles. The number of aryl methyl sites for hydroxylation is 1. The second-order valence-electron chi connectivity index (χ2n) is 11.6. The molecule has 2 aliphatic rings. The second-order valence-corrected chi connectivity index (χ2v) is 11.6. The highest BCUT2D eigenvalue weighted by Gasteiger charge is 2.39. The van der Waals surface area contributed by atoms with Crippen molar-refractivity contribution in [1.82, 2.24) is 4.90 Å². The summed E-state index contributed by atoms with van der Waals surface area (Å²) < 4.78 is 33.7. The van der Waals surface area contributed by atoms with Crippen LogP contribution < -0.4 is 0 Å². The summed E-state index contributed by atoms with van der Waals surface area (Å²) >= 11 is 0. The minimum atomic E-state index is -2.54. The van der Waals surface area contributed by atoms with Crippen molar-refractivity contribution in [2.24, 2.45) is 0 Å². The summed E-state index contributed by atoms with van der Waals surface area (Å²) in [6.45, 7) is 13.3. The first-order valence-corrected chi connectivity index (χ1v) is 13.0. The van der Waals surface area contributed by atoms with Crippen LogP contribution in [0, 0.1) is 20.8 Å². The Morgan fingerprint density at radius 3 is 2.22 bits per heavy atom. The van der Waals surface area contributed by atoms with Crippen molar-refractivity contribution in [2.75, 3.05) is 6.54 Å². The Kier molecular flexibility index (Phi) is 7.33. The standard InChI is InChI=1S/C30H39F2NO3/c1-18-7-9-21(10-8-18)25-20(3)24-17-33(22-11-14-30(31,32)15-12-22)16-13-23(24)19(2)26(25)27(28(34)35)36-29(4,5)6/h7-10,22,27H,11-17H2,1-6H3,(H,34,35). The third-order valence-electron chi connectivity index (χ3n) is 7.83. The molecule has 0 radical (unpaired) electrons. The number of hydrogen-bond donors (Lipinski definition) is 1. The number of carboxylic acids is 1. The average molecular weight is 500 g/mol. The van der Waals surface area contributed by atoms with Gasteiger partial charge in [-0.1, -0.05) is 29.8 Å². The number of halogens is 2. The van der Waals surface area contributed by atoms with Crippen molar-refractivity contribution in [2.45, 2.75) is 104 Å². The normalized spacial score (nSPS) is 19.7. The van der Waals surface area contributed by atoms with E-state index in [0.29, 0.717) is 19.4 Å².